The maximum absolute atomic E-state index is 9.04. The Hall–Kier alpha value is -2.32. The number of nitriles is 1. The van der Waals surface area contributed by atoms with Crippen LogP contribution >= 0.6 is 11.3 Å². The first-order valence-electron chi connectivity index (χ1n) is 5.31. The topological polar surface area (TPSA) is 59.0 Å². The number of ether oxygens (including phenoxy) is 1. The van der Waals surface area contributed by atoms with E-state index in [-0.39, 0.29) is 5.76 Å². The van der Waals surface area contributed by atoms with Crippen LogP contribution in [0.2, 0.25) is 0 Å². The Morgan fingerprint density at radius 1 is 1.39 bits per heavy atom. The van der Waals surface area contributed by atoms with Crippen molar-refractivity contribution >= 4 is 22.3 Å². The molecule has 18 heavy (non-hydrogen) atoms. The van der Waals surface area contributed by atoms with E-state index in [9.17, 15) is 0 Å². The fourth-order valence-corrected chi connectivity index (χ4v) is 2.22. The molecule has 0 saturated carbocycles. The van der Waals surface area contributed by atoms with Gasteiger partial charge in [-0.3, -0.25) is 0 Å². The number of thiazole rings is 1. The minimum Gasteiger partial charge on any atom is -0.481 e. The minimum atomic E-state index is 0.202. The fourth-order valence-electron chi connectivity index (χ4n) is 1.70. The zero-order valence-corrected chi connectivity index (χ0v) is 10.1. The predicted molar refractivity (Wildman–Crippen MR) is 67.4 cm³/mol. The Labute approximate surface area is 107 Å². The lowest BCUT2D eigenvalue weighted by molar-refractivity contribution is 0.303. The largest absolute Gasteiger partial charge is 0.481 e. The third kappa shape index (κ3) is 1.83. The molecule has 0 N–H and O–H groups in total. The molecule has 3 aromatic rings. The van der Waals surface area contributed by atoms with Crippen LogP contribution in [0.25, 0.3) is 11.0 Å². The molecule has 4 nitrogen and oxygen atoms in total. The number of hydrogen-bond acceptors (Lipinski definition) is 5. The van der Waals surface area contributed by atoms with Gasteiger partial charge in [-0.05, 0) is 12.1 Å². The van der Waals surface area contributed by atoms with E-state index in [0.29, 0.717) is 17.9 Å². The Morgan fingerprint density at radius 2 is 2.28 bits per heavy atom. The summed E-state index contributed by atoms with van der Waals surface area (Å²) in [5.74, 6) is 0.691. The minimum absolute atomic E-state index is 0.202. The summed E-state index contributed by atoms with van der Waals surface area (Å²) in [7, 11) is 0. The molecular weight excluding hydrogens is 248 g/mol. The van der Waals surface area contributed by atoms with Crippen LogP contribution in [0.3, 0.4) is 0 Å². The molecule has 0 fully saturated rings. The first-order valence-corrected chi connectivity index (χ1v) is 6.19. The van der Waals surface area contributed by atoms with E-state index in [0.717, 1.165) is 10.4 Å². The second-order valence-corrected chi connectivity index (χ2v) is 4.56. The molecule has 0 atom stereocenters. The van der Waals surface area contributed by atoms with Gasteiger partial charge in [0.25, 0.3) is 0 Å². The van der Waals surface area contributed by atoms with Gasteiger partial charge < -0.3 is 9.15 Å². The average Bonchev–Trinajstić information content (AvgIpc) is 3.03. The van der Waals surface area contributed by atoms with E-state index in [2.05, 4.69) is 4.98 Å². The van der Waals surface area contributed by atoms with E-state index in [4.69, 9.17) is 14.4 Å². The molecule has 1 aromatic carbocycles. The van der Waals surface area contributed by atoms with Gasteiger partial charge in [-0.2, -0.15) is 5.26 Å². The first-order chi connectivity index (χ1) is 8.88. The molecule has 5 heteroatoms. The zero-order chi connectivity index (χ0) is 12.4. The predicted octanol–water partition coefficient (Wildman–Crippen LogP) is 3.34. The van der Waals surface area contributed by atoms with E-state index < -0.39 is 0 Å². The third-order valence-corrected chi connectivity index (χ3v) is 3.23. The monoisotopic (exact) mass is 256 g/mol. The Kier molecular flexibility index (Phi) is 2.71. The smallest absolute Gasteiger partial charge is 0.246 e. The SMILES string of the molecule is N#Cc1oc2ccccc2c1OCc1nccs1. The molecule has 0 aliphatic carbocycles. The van der Waals surface area contributed by atoms with Crippen molar-refractivity contribution in [1.82, 2.24) is 4.98 Å². The normalized spacial score (nSPS) is 10.4. The maximum Gasteiger partial charge on any atom is 0.246 e. The highest BCUT2D eigenvalue weighted by Crippen LogP contribution is 2.33. The molecule has 0 saturated heterocycles. The van der Waals surface area contributed by atoms with Crippen molar-refractivity contribution in [3.05, 3.63) is 46.6 Å². The van der Waals surface area contributed by atoms with Gasteiger partial charge in [0, 0.05) is 11.6 Å². The lowest BCUT2D eigenvalue weighted by Crippen LogP contribution is -1.95. The lowest BCUT2D eigenvalue weighted by Gasteiger charge is -2.01. The summed E-state index contributed by atoms with van der Waals surface area (Å²) in [5.41, 5.74) is 0.656. The van der Waals surface area contributed by atoms with Crippen LogP contribution in [-0.4, -0.2) is 4.98 Å². The van der Waals surface area contributed by atoms with Crippen molar-refractivity contribution in [3.63, 3.8) is 0 Å². The van der Waals surface area contributed by atoms with Gasteiger partial charge in [0.15, 0.2) is 5.75 Å². The summed E-state index contributed by atoms with van der Waals surface area (Å²) in [4.78, 5) is 4.13. The summed E-state index contributed by atoms with van der Waals surface area (Å²) in [6, 6.07) is 9.43. The molecule has 2 heterocycles. The molecule has 3 rings (SSSR count). The summed E-state index contributed by atoms with van der Waals surface area (Å²) in [6.07, 6.45) is 1.72. The van der Waals surface area contributed by atoms with Crippen molar-refractivity contribution in [2.75, 3.05) is 0 Å². The first kappa shape index (κ1) is 10.8. The molecule has 0 unspecified atom stereocenters. The number of furan rings is 1. The van der Waals surface area contributed by atoms with Gasteiger partial charge in [-0.15, -0.1) is 11.3 Å². The molecule has 2 aromatic heterocycles. The number of rotatable bonds is 3. The second-order valence-electron chi connectivity index (χ2n) is 3.58. The average molecular weight is 256 g/mol. The maximum atomic E-state index is 9.04. The molecule has 0 bridgehead atoms. The van der Waals surface area contributed by atoms with Gasteiger partial charge in [0.1, 0.15) is 23.3 Å². The molecule has 0 aliphatic rings. The van der Waals surface area contributed by atoms with Crippen molar-refractivity contribution in [2.24, 2.45) is 0 Å². The Balaban J connectivity index is 1.97. The Morgan fingerprint density at radius 3 is 3.06 bits per heavy atom. The van der Waals surface area contributed by atoms with E-state index in [1.807, 2.05) is 35.7 Å². The van der Waals surface area contributed by atoms with Gasteiger partial charge in [0.2, 0.25) is 5.76 Å². The van der Waals surface area contributed by atoms with E-state index in [1.165, 1.54) is 11.3 Å². The Bertz CT molecular complexity index is 710. The second kappa shape index (κ2) is 4.51. The number of nitrogens with zero attached hydrogens (tertiary/aromatic N) is 2. The van der Waals surface area contributed by atoms with Crippen LogP contribution in [-0.2, 0) is 6.61 Å². The number of aromatic nitrogens is 1. The van der Waals surface area contributed by atoms with Crippen LogP contribution in [0.4, 0.5) is 0 Å². The molecule has 88 valence electrons. The van der Waals surface area contributed by atoms with Gasteiger partial charge in [0.05, 0.1) is 5.39 Å². The molecule has 0 spiro atoms. The summed E-state index contributed by atoms with van der Waals surface area (Å²) in [6.45, 7) is 0.343. The van der Waals surface area contributed by atoms with E-state index >= 15 is 0 Å². The molecule has 0 radical (unpaired) electrons. The van der Waals surface area contributed by atoms with Crippen LogP contribution in [0.5, 0.6) is 5.75 Å². The van der Waals surface area contributed by atoms with Crippen molar-refractivity contribution < 1.29 is 9.15 Å². The van der Waals surface area contributed by atoms with Crippen LogP contribution in [0.1, 0.15) is 10.8 Å². The highest BCUT2D eigenvalue weighted by atomic mass is 32.1. The summed E-state index contributed by atoms with van der Waals surface area (Å²) >= 11 is 1.51. The van der Waals surface area contributed by atoms with Crippen LogP contribution < -0.4 is 4.74 Å². The van der Waals surface area contributed by atoms with Gasteiger partial charge in [-0.1, -0.05) is 12.1 Å². The lowest BCUT2D eigenvalue weighted by atomic mass is 10.2. The zero-order valence-electron chi connectivity index (χ0n) is 9.29. The van der Waals surface area contributed by atoms with Crippen molar-refractivity contribution in [2.45, 2.75) is 6.61 Å². The molecular formula is C13H8N2O2S. The number of hydrogen-bond donors (Lipinski definition) is 0. The summed E-state index contributed by atoms with van der Waals surface area (Å²) in [5, 5.41) is 12.6. The van der Waals surface area contributed by atoms with Crippen molar-refractivity contribution in [1.29, 1.82) is 5.26 Å². The number of fused-ring (bicyclic) bond motifs is 1. The van der Waals surface area contributed by atoms with Crippen LogP contribution in [0.15, 0.2) is 40.3 Å². The van der Waals surface area contributed by atoms with E-state index in [1.54, 1.807) is 6.20 Å². The van der Waals surface area contributed by atoms with Gasteiger partial charge >= 0.3 is 0 Å². The highest BCUT2D eigenvalue weighted by molar-refractivity contribution is 7.09. The number of para-hydroxylation sites is 1. The van der Waals surface area contributed by atoms with Crippen molar-refractivity contribution in [3.8, 4) is 11.8 Å². The van der Waals surface area contributed by atoms with Crippen LogP contribution in [0, 0.1) is 11.3 Å². The van der Waals surface area contributed by atoms with Gasteiger partial charge in [-0.25, -0.2) is 4.98 Å². The third-order valence-electron chi connectivity index (χ3n) is 2.47. The fraction of sp³-hybridized carbons (Fsp3) is 0.0769. The number of benzene rings is 1. The summed E-state index contributed by atoms with van der Waals surface area (Å²) < 4.78 is 11.1. The molecule has 0 amide bonds. The highest BCUT2D eigenvalue weighted by Gasteiger charge is 2.15. The quantitative estimate of drug-likeness (QED) is 0.721. The standard InChI is InChI=1S/C13H8N2O2S/c14-7-11-13(16-8-12-15-5-6-18-12)9-3-1-2-4-10(9)17-11/h1-6H,8H2. The molecule has 0 aliphatic heterocycles.